The Morgan fingerprint density at radius 1 is 1.41 bits per heavy atom. The monoisotopic (exact) mass is 253 g/mol. The topological polar surface area (TPSA) is 35.6 Å². The molecule has 1 fully saturated rings. The molecule has 1 atom stereocenters. The number of carbonyl (C=O) groups is 1. The standard InChI is InChI=1S/C10H18F3N3O/c1-8-6-15(2)3-4-16(8)9(17)5-14-7-10(11,12)13/h8,14H,3-7H2,1-2H3. The van der Waals surface area contributed by atoms with E-state index >= 15 is 0 Å². The summed E-state index contributed by atoms with van der Waals surface area (Å²) < 4.78 is 35.6. The van der Waals surface area contributed by atoms with E-state index in [9.17, 15) is 18.0 Å². The van der Waals surface area contributed by atoms with Gasteiger partial charge in [-0.05, 0) is 14.0 Å². The predicted octanol–water partition coefficient (Wildman–Crippen LogP) is 0.301. The van der Waals surface area contributed by atoms with Crippen LogP contribution in [0.4, 0.5) is 13.2 Å². The number of alkyl halides is 3. The molecule has 0 spiro atoms. The highest BCUT2D eigenvalue weighted by Gasteiger charge is 2.29. The number of halogens is 3. The lowest BCUT2D eigenvalue weighted by atomic mass is 10.2. The highest BCUT2D eigenvalue weighted by Crippen LogP contribution is 2.12. The van der Waals surface area contributed by atoms with E-state index in [-0.39, 0.29) is 18.5 Å². The highest BCUT2D eigenvalue weighted by molar-refractivity contribution is 5.78. The minimum Gasteiger partial charge on any atom is -0.336 e. The van der Waals surface area contributed by atoms with E-state index in [0.29, 0.717) is 6.54 Å². The lowest BCUT2D eigenvalue weighted by molar-refractivity contribution is -0.137. The van der Waals surface area contributed by atoms with Crippen LogP contribution in [0.5, 0.6) is 0 Å². The van der Waals surface area contributed by atoms with Crippen LogP contribution in [0.25, 0.3) is 0 Å². The van der Waals surface area contributed by atoms with Crippen LogP contribution in [0.1, 0.15) is 6.92 Å². The molecule has 1 heterocycles. The Labute approximate surface area is 98.7 Å². The van der Waals surface area contributed by atoms with Gasteiger partial charge in [0, 0.05) is 25.7 Å². The van der Waals surface area contributed by atoms with Crippen molar-refractivity contribution in [2.45, 2.75) is 19.1 Å². The summed E-state index contributed by atoms with van der Waals surface area (Å²) in [5, 5.41) is 2.12. The van der Waals surface area contributed by atoms with Crippen LogP contribution in [0.3, 0.4) is 0 Å². The van der Waals surface area contributed by atoms with Gasteiger partial charge in [-0.25, -0.2) is 0 Å². The molecule has 0 bridgehead atoms. The molecule has 0 radical (unpaired) electrons. The Balaban J connectivity index is 2.32. The summed E-state index contributed by atoms with van der Waals surface area (Å²) in [5.74, 6) is -0.269. The molecule has 0 aromatic heterocycles. The zero-order chi connectivity index (χ0) is 13.1. The Bertz CT molecular complexity index is 270. The van der Waals surface area contributed by atoms with Gasteiger partial charge in [-0.15, -0.1) is 0 Å². The van der Waals surface area contributed by atoms with Crippen molar-refractivity contribution in [3.05, 3.63) is 0 Å². The molecule has 100 valence electrons. The number of hydrogen-bond acceptors (Lipinski definition) is 3. The molecule has 0 aliphatic carbocycles. The van der Waals surface area contributed by atoms with Gasteiger partial charge in [0.05, 0.1) is 13.1 Å². The number of rotatable bonds is 3. The molecule has 4 nitrogen and oxygen atoms in total. The molecule has 7 heteroatoms. The van der Waals surface area contributed by atoms with E-state index in [2.05, 4.69) is 10.2 Å². The zero-order valence-corrected chi connectivity index (χ0v) is 10.0. The second-order valence-corrected chi connectivity index (χ2v) is 4.42. The number of nitrogens with zero attached hydrogens (tertiary/aromatic N) is 2. The zero-order valence-electron chi connectivity index (χ0n) is 10.0. The summed E-state index contributed by atoms with van der Waals surface area (Å²) in [7, 11) is 1.96. The van der Waals surface area contributed by atoms with Crippen molar-refractivity contribution in [3.8, 4) is 0 Å². The fourth-order valence-corrected chi connectivity index (χ4v) is 1.92. The lowest BCUT2D eigenvalue weighted by Gasteiger charge is -2.38. The average Bonchev–Trinajstić information content (AvgIpc) is 2.15. The first-order valence-corrected chi connectivity index (χ1v) is 5.55. The van der Waals surface area contributed by atoms with E-state index in [0.717, 1.165) is 13.1 Å². The lowest BCUT2D eigenvalue weighted by Crippen LogP contribution is -2.54. The van der Waals surface area contributed by atoms with Gasteiger partial charge in [0.2, 0.25) is 5.91 Å². The molecule has 1 aliphatic rings. The minimum absolute atomic E-state index is 0.0499. The summed E-state index contributed by atoms with van der Waals surface area (Å²) in [6.07, 6.45) is -4.27. The van der Waals surface area contributed by atoms with E-state index in [1.165, 1.54) is 0 Å². The molecule has 17 heavy (non-hydrogen) atoms. The Kier molecular flexibility index (Phi) is 4.76. The van der Waals surface area contributed by atoms with E-state index in [4.69, 9.17) is 0 Å². The quantitative estimate of drug-likeness (QED) is 0.786. The van der Waals surface area contributed by atoms with Gasteiger partial charge in [-0.2, -0.15) is 13.2 Å². The van der Waals surface area contributed by atoms with E-state index in [1.54, 1.807) is 4.90 Å². The maximum absolute atomic E-state index is 11.9. The van der Waals surface area contributed by atoms with E-state index in [1.807, 2.05) is 14.0 Å². The van der Waals surface area contributed by atoms with Gasteiger partial charge in [0.1, 0.15) is 0 Å². The molecule has 1 N–H and O–H groups in total. The minimum atomic E-state index is -4.27. The number of likely N-dealkylation sites (N-methyl/N-ethyl adjacent to an activating group) is 1. The third-order valence-corrected chi connectivity index (χ3v) is 2.75. The maximum atomic E-state index is 11.9. The number of hydrogen-bond donors (Lipinski definition) is 1. The normalized spacial score (nSPS) is 22.9. The molecule has 0 aromatic carbocycles. The van der Waals surface area contributed by atoms with Crippen LogP contribution in [0.15, 0.2) is 0 Å². The first-order chi connectivity index (χ1) is 7.79. The van der Waals surface area contributed by atoms with Crippen molar-refractivity contribution in [3.63, 3.8) is 0 Å². The molecule has 1 saturated heterocycles. The van der Waals surface area contributed by atoms with Crippen LogP contribution < -0.4 is 5.32 Å². The molecule has 1 unspecified atom stereocenters. The number of amides is 1. The van der Waals surface area contributed by atoms with Crippen molar-refractivity contribution < 1.29 is 18.0 Å². The molecule has 1 rings (SSSR count). The van der Waals surface area contributed by atoms with Gasteiger partial charge in [0.25, 0.3) is 0 Å². The van der Waals surface area contributed by atoms with Crippen molar-refractivity contribution in [1.29, 1.82) is 0 Å². The average molecular weight is 253 g/mol. The number of piperazine rings is 1. The fraction of sp³-hybridized carbons (Fsp3) is 0.900. The smallest absolute Gasteiger partial charge is 0.336 e. The molecular weight excluding hydrogens is 235 g/mol. The third-order valence-electron chi connectivity index (χ3n) is 2.75. The number of nitrogens with one attached hydrogen (secondary N) is 1. The number of carbonyl (C=O) groups excluding carboxylic acids is 1. The van der Waals surface area contributed by atoms with Crippen LogP contribution >= 0.6 is 0 Å². The first kappa shape index (κ1) is 14.2. The van der Waals surface area contributed by atoms with Crippen molar-refractivity contribution in [2.75, 3.05) is 39.8 Å². The van der Waals surface area contributed by atoms with Crippen LogP contribution in [-0.4, -0.2) is 67.7 Å². The summed E-state index contributed by atoms with van der Waals surface area (Å²) in [4.78, 5) is 15.4. The first-order valence-electron chi connectivity index (χ1n) is 5.55. The van der Waals surface area contributed by atoms with Gasteiger partial charge < -0.3 is 15.1 Å². The largest absolute Gasteiger partial charge is 0.401 e. The van der Waals surface area contributed by atoms with Crippen LogP contribution in [0.2, 0.25) is 0 Å². The van der Waals surface area contributed by atoms with Gasteiger partial charge in [0.15, 0.2) is 0 Å². The summed E-state index contributed by atoms with van der Waals surface area (Å²) in [6, 6.07) is 0.0499. The molecule has 0 aromatic rings. The Hall–Kier alpha value is -0.820. The second kappa shape index (κ2) is 5.68. The van der Waals surface area contributed by atoms with Gasteiger partial charge in [-0.3, -0.25) is 4.79 Å². The van der Waals surface area contributed by atoms with Crippen molar-refractivity contribution in [1.82, 2.24) is 15.1 Å². The third kappa shape index (κ3) is 4.91. The Morgan fingerprint density at radius 3 is 2.59 bits per heavy atom. The fourth-order valence-electron chi connectivity index (χ4n) is 1.92. The summed E-state index contributed by atoms with van der Waals surface area (Å²) in [6.45, 7) is 2.61. The van der Waals surface area contributed by atoms with E-state index < -0.39 is 12.7 Å². The Morgan fingerprint density at radius 2 is 2.06 bits per heavy atom. The molecule has 0 saturated carbocycles. The van der Waals surface area contributed by atoms with Gasteiger partial charge in [-0.1, -0.05) is 0 Å². The van der Waals surface area contributed by atoms with Crippen molar-refractivity contribution in [2.24, 2.45) is 0 Å². The predicted molar refractivity (Wildman–Crippen MR) is 57.6 cm³/mol. The van der Waals surface area contributed by atoms with Gasteiger partial charge >= 0.3 is 6.18 Å². The maximum Gasteiger partial charge on any atom is 0.401 e. The van der Waals surface area contributed by atoms with Crippen molar-refractivity contribution >= 4 is 5.91 Å². The molecular formula is C10H18F3N3O. The highest BCUT2D eigenvalue weighted by atomic mass is 19.4. The second-order valence-electron chi connectivity index (χ2n) is 4.42. The van der Waals surface area contributed by atoms with Crippen LogP contribution in [-0.2, 0) is 4.79 Å². The molecule has 1 amide bonds. The summed E-state index contributed by atoms with van der Waals surface area (Å²) >= 11 is 0. The molecule has 1 aliphatic heterocycles. The van der Waals surface area contributed by atoms with Crippen LogP contribution in [0, 0.1) is 0 Å². The SMILES string of the molecule is CC1CN(C)CCN1C(=O)CNCC(F)(F)F. The summed E-state index contributed by atoms with van der Waals surface area (Å²) in [5.41, 5.74) is 0.